The Bertz CT molecular complexity index is 499. The van der Waals surface area contributed by atoms with Gasteiger partial charge in [-0.1, -0.05) is 30.3 Å². The first kappa shape index (κ1) is 17.8. The number of nitrogens with one attached hydrogen (secondary N) is 1. The lowest BCUT2D eigenvalue weighted by Gasteiger charge is -2.32. The molecule has 1 aromatic carbocycles. The molecule has 23 heavy (non-hydrogen) atoms. The molecule has 5 nitrogen and oxygen atoms in total. The van der Waals surface area contributed by atoms with E-state index in [1.165, 1.54) is 5.56 Å². The number of amides is 1. The number of ether oxygens (including phenoxy) is 1. The molecular weight excluding hydrogens is 304 g/mol. The molecule has 0 aliphatic carbocycles. The Morgan fingerprint density at radius 2 is 2.13 bits per heavy atom. The fourth-order valence-corrected chi connectivity index (χ4v) is 2.47. The average Bonchev–Trinajstić information content (AvgIpc) is 2.54. The van der Waals surface area contributed by atoms with E-state index in [9.17, 15) is 13.6 Å². The molecule has 1 aliphatic heterocycles. The van der Waals surface area contributed by atoms with Gasteiger partial charge in [-0.3, -0.25) is 9.69 Å². The van der Waals surface area contributed by atoms with Gasteiger partial charge in [0, 0.05) is 19.6 Å². The van der Waals surface area contributed by atoms with Crippen molar-refractivity contribution in [2.75, 3.05) is 32.8 Å². The summed E-state index contributed by atoms with van der Waals surface area (Å²) in [6.45, 7) is 1.20. The number of rotatable bonds is 7. The van der Waals surface area contributed by atoms with Crippen LogP contribution < -0.4 is 11.1 Å². The molecule has 0 radical (unpaired) electrons. The second kappa shape index (κ2) is 8.33. The topological polar surface area (TPSA) is 67.6 Å². The number of nitrogens with zero attached hydrogens (tertiary/aromatic N) is 1. The van der Waals surface area contributed by atoms with Gasteiger partial charge in [0.2, 0.25) is 5.91 Å². The third-order valence-corrected chi connectivity index (χ3v) is 3.73. The van der Waals surface area contributed by atoms with Crippen LogP contribution in [0.3, 0.4) is 0 Å². The number of alkyl halides is 2. The van der Waals surface area contributed by atoms with Crippen LogP contribution in [0.15, 0.2) is 30.3 Å². The molecule has 1 heterocycles. The number of halogens is 2. The van der Waals surface area contributed by atoms with Gasteiger partial charge < -0.3 is 15.8 Å². The number of carbonyl (C=O) groups excluding carboxylic acids is 1. The number of nitrogens with two attached hydrogens (primary N) is 1. The molecule has 2 rings (SSSR count). The fourth-order valence-electron chi connectivity index (χ4n) is 2.47. The van der Waals surface area contributed by atoms with E-state index in [0.29, 0.717) is 13.2 Å². The van der Waals surface area contributed by atoms with Crippen molar-refractivity contribution in [1.29, 1.82) is 0 Å². The summed E-state index contributed by atoms with van der Waals surface area (Å²) in [7, 11) is 0. The Kier molecular flexibility index (Phi) is 6.44. The zero-order valence-corrected chi connectivity index (χ0v) is 13.0. The SMILES string of the molecule is NCC(F)(F)CNC(=O)CC1CN(Cc2ccccc2)CCO1. The van der Waals surface area contributed by atoms with Crippen molar-refractivity contribution >= 4 is 5.91 Å². The first-order chi connectivity index (χ1) is 11.0. The highest BCUT2D eigenvalue weighted by atomic mass is 19.3. The number of hydrogen-bond donors (Lipinski definition) is 2. The molecule has 0 spiro atoms. The zero-order chi connectivity index (χ0) is 16.7. The van der Waals surface area contributed by atoms with E-state index < -0.39 is 24.9 Å². The van der Waals surface area contributed by atoms with Crippen molar-refractivity contribution in [2.45, 2.75) is 25.0 Å². The van der Waals surface area contributed by atoms with Crippen LogP contribution in [0.2, 0.25) is 0 Å². The molecular formula is C16H23F2N3O2. The molecule has 1 saturated heterocycles. The Labute approximate surface area is 134 Å². The molecule has 0 aromatic heterocycles. The Hall–Kier alpha value is -1.57. The highest BCUT2D eigenvalue weighted by molar-refractivity contribution is 5.76. The third kappa shape index (κ3) is 6.21. The largest absolute Gasteiger partial charge is 0.375 e. The lowest BCUT2D eigenvalue weighted by Crippen LogP contribution is -2.46. The highest BCUT2D eigenvalue weighted by Crippen LogP contribution is 2.13. The van der Waals surface area contributed by atoms with Gasteiger partial charge in [0.1, 0.15) is 0 Å². The van der Waals surface area contributed by atoms with E-state index in [4.69, 9.17) is 10.5 Å². The van der Waals surface area contributed by atoms with E-state index in [1.54, 1.807) is 0 Å². The van der Waals surface area contributed by atoms with Crippen molar-refractivity contribution in [2.24, 2.45) is 5.73 Å². The van der Waals surface area contributed by atoms with E-state index in [2.05, 4.69) is 10.2 Å². The van der Waals surface area contributed by atoms with Crippen molar-refractivity contribution < 1.29 is 18.3 Å². The quantitative estimate of drug-likeness (QED) is 0.784. The summed E-state index contributed by atoms with van der Waals surface area (Å²) in [5.74, 6) is -3.51. The number of carbonyl (C=O) groups is 1. The summed E-state index contributed by atoms with van der Waals surface area (Å²) >= 11 is 0. The third-order valence-electron chi connectivity index (χ3n) is 3.73. The monoisotopic (exact) mass is 327 g/mol. The molecule has 7 heteroatoms. The smallest absolute Gasteiger partial charge is 0.277 e. The van der Waals surface area contributed by atoms with Crippen LogP contribution in [-0.4, -0.2) is 55.6 Å². The van der Waals surface area contributed by atoms with Crippen molar-refractivity contribution in [1.82, 2.24) is 10.2 Å². The Morgan fingerprint density at radius 3 is 2.83 bits per heavy atom. The van der Waals surface area contributed by atoms with Crippen LogP contribution in [0.25, 0.3) is 0 Å². The van der Waals surface area contributed by atoms with Crippen molar-refractivity contribution in [3.8, 4) is 0 Å². The van der Waals surface area contributed by atoms with Gasteiger partial charge in [0.15, 0.2) is 0 Å². The van der Waals surface area contributed by atoms with Crippen LogP contribution in [-0.2, 0) is 16.1 Å². The van der Waals surface area contributed by atoms with Gasteiger partial charge in [0.25, 0.3) is 5.92 Å². The molecule has 3 N–H and O–H groups in total. The molecule has 1 amide bonds. The first-order valence-electron chi connectivity index (χ1n) is 7.71. The van der Waals surface area contributed by atoms with Gasteiger partial charge in [0.05, 0.1) is 32.2 Å². The summed E-state index contributed by atoms with van der Waals surface area (Å²) in [5.41, 5.74) is 6.13. The van der Waals surface area contributed by atoms with Gasteiger partial charge >= 0.3 is 0 Å². The maximum atomic E-state index is 13.0. The molecule has 1 aromatic rings. The fraction of sp³-hybridized carbons (Fsp3) is 0.562. The second-order valence-corrected chi connectivity index (χ2v) is 5.75. The summed E-state index contributed by atoms with van der Waals surface area (Å²) in [5, 5.41) is 2.22. The van der Waals surface area contributed by atoms with Crippen LogP contribution in [0.1, 0.15) is 12.0 Å². The normalized spacial score (nSPS) is 19.5. The van der Waals surface area contributed by atoms with Crippen molar-refractivity contribution in [3.05, 3.63) is 35.9 Å². The van der Waals surface area contributed by atoms with E-state index >= 15 is 0 Å². The number of hydrogen-bond acceptors (Lipinski definition) is 4. The predicted octanol–water partition coefficient (Wildman–Crippen LogP) is 0.988. The molecule has 1 unspecified atom stereocenters. The number of morpholine rings is 1. The lowest BCUT2D eigenvalue weighted by atomic mass is 10.1. The maximum absolute atomic E-state index is 13.0. The molecule has 1 aliphatic rings. The van der Waals surface area contributed by atoms with Gasteiger partial charge in [-0.25, -0.2) is 8.78 Å². The summed E-state index contributed by atoms with van der Waals surface area (Å²) < 4.78 is 31.6. The summed E-state index contributed by atoms with van der Waals surface area (Å²) in [6.07, 6.45) is -0.203. The minimum Gasteiger partial charge on any atom is -0.375 e. The van der Waals surface area contributed by atoms with Gasteiger partial charge in [-0.15, -0.1) is 0 Å². The molecule has 0 saturated carbocycles. The minimum absolute atomic E-state index is 0.0753. The molecule has 0 bridgehead atoms. The van der Waals surface area contributed by atoms with Crippen LogP contribution in [0, 0.1) is 0 Å². The Morgan fingerprint density at radius 1 is 1.39 bits per heavy atom. The second-order valence-electron chi connectivity index (χ2n) is 5.75. The Balaban J connectivity index is 1.76. The van der Waals surface area contributed by atoms with E-state index in [1.807, 2.05) is 30.3 Å². The highest BCUT2D eigenvalue weighted by Gasteiger charge is 2.28. The molecule has 1 atom stereocenters. The molecule has 1 fully saturated rings. The van der Waals surface area contributed by atoms with Crippen molar-refractivity contribution in [3.63, 3.8) is 0 Å². The van der Waals surface area contributed by atoms with E-state index in [0.717, 1.165) is 13.1 Å². The van der Waals surface area contributed by atoms with Gasteiger partial charge in [-0.05, 0) is 5.56 Å². The summed E-state index contributed by atoms with van der Waals surface area (Å²) in [6, 6.07) is 10.0. The minimum atomic E-state index is -3.07. The van der Waals surface area contributed by atoms with Crippen LogP contribution in [0.4, 0.5) is 8.78 Å². The maximum Gasteiger partial charge on any atom is 0.277 e. The standard InChI is InChI=1S/C16H23F2N3O2/c17-16(18,11-19)12-20-15(22)8-14-10-21(6-7-23-14)9-13-4-2-1-3-5-13/h1-5,14H,6-12,19H2,(H,20,22). The molecule has 128 valence electrons. The summed E-state index contributed by atoms with van der Waals surface area (Å²) in [4.78, 5) is 14.0. The number of benzene rings is 1. The zero-order valence-electron chi connectivity index (χ0n) is 13.0. The average molecular weight is 327 g/mol. The lowest BCUT2D eigenvalue weighted by molar-refractivity contribution is -0.127. The predicted molar refractivity (Wildman–Crippen MR) is 83.1 cm³/mol. The van der Waals surface area contributed by atoms with Crippen LogP contribution in [0.5, 0.6) is 0 Å². The van der Waals surface area contributed by atoms with E-state index in [-0.39, 0.29) is 12.5 Å². The van der Waals surface area contributed by atoms with Crippen LogP contribution >= 0.6 is 0 Å². The first-order valence-corrected chi connectivity index (χ1v) is 7.71. The van der Waals surface area contributed by atoms with Gasteiger partial charge in [-0.2, -0.15) is 0 Å².